The highest BCUT2D eigenvalue weighted by Crippen LogP contribution is 2.30. The van der Waals surface area contributed by atoms with Crippen LogP contribution < -0.4 is 10.6 Å². The highest BCUT2D eigenvalue weighted by molar-refractivity contribution is 5.87. The van der Waals surface area contributed by atoms with Crippen LogP contribution in [0, 0.1) is 17.0 Å². The Morgan fingerprint density at radius 2 is 1.86 bits per heavy atom. The number of piperazine rings is 1. The van der Waals surface area contributed by atoms with Crippen LogP contribution in [0.5, 0.6) is 0 Å². The van der Waals surface area contributed by atoms with Crippen molar-refractivity contribution in [2.45, 2.75) is 13.5 Å². The first kappa shape index (κ1) is 18.1. The maximum Gasteiger partial charge on any atom is 0.292 e. The highest BCUT2D eigenvalue weighted by Gasteiger charge is 2.24. The normalized spacial score (nSPS) is 15.1. The molecule has 0 amide bonds. The predicted molar refractivity (Wildman–Crippen MR) is 109 cm³/mol. The van der Waals surface area contributed by atoms with Gasteiger partial charge in [-0.1, -0.05) is 18.2 Å². The molecule has 4 rings (SSSR count). The van der Waals surface area contributed by atoms with Gasteiger partial charge in [0.05, 0.1) is 17.0 Å². The molecule has 1 fully saturated rings. The summed E-state index contributed by atoms with van der Waals surface area (Å²) in [6, 6.07) is 13.1. The van der Waals surface area contributed by atoms with Crippen LogP contribution in [0.2, 0.25) is 0 Å². The zero-order valence-corrected chi connectivity index (χ0v) is 15.7. The van der Waals surface area contributed by atoms with E-state index in [9.17, 15) is 10.1 Å². The number of anilines is 2. The SMILES string of the molecule is Cc1ccc(N2CCN(Cc3nc(N)c4ccccc4n3)CC2)c([N+](=O)[O-])c1. The monoisotopic (exact) mass is 378 g/mol. The second-order valence-corrected chi connectivity index (χ2v) is 7.05. The summed E-state index contributed by atoms with van der Waals surface area (Å²) in [5, 5.41) is 12.3. The third-order valence-electron chi connectivity index (χ3n) is 5.08. The summed E-state index contributed by atoms with van der Waals surface area (Å²) in [5.74, 6) is 1.19. The van der Waals surface area contributed by atoms with Gasteiger partial charge in [0.2, 0.25) is 0 Å². The van der Waals surface area contributed by atoms with Gasteiger partial charge in [0.15, 0.2) is 0 Å². The smallest absolute Gasteiger partial charge is 0.292 e. The van der Waals surface area contributed by atoms with E-state index in [1.165, 1.54) is 0 Å². The lowest BCUT2D eigenvalue weighted by atomic mass is 10.1. The molecule has 0 radical (unpaired) electrons. The summed E-state index contributed by atoms with van der Waals surface area (Å²) in [5.41, 5.74) is 8.66. The Bertz CT molecular complexity index is 1030. The van der Waals surface area contributed by atoms with Crippen molar-refractivity contribution in [1.82, 2.24) is 14.9 Å². The number of nitrogens with zero attached hydrogens (tertiary/aromatic N) is 5. The molecule has 28 heavy (non-hydrogen) atoms. The summed E-state index contributed by atoms with van der Waals surface area (Å²) in [7, 11) is 0. The molecule has 1 aliphatic rings. The summed E-state index contributed by atoms with van der Waals surface area (Å²) < 4.78 is 0. The Labute approximate surface area is 162 Å². The number of hydrogen-bond acceptors (Lipinski definition) is 7. The Morgan fingerprint density at radius 3 is 2.61 bits per heavy atom. The lowest BCUT2D eigenvalue weighted by Gasteiger charge is -2.35. The third kappa shape index (κ3) is 3.59. The van der Waals surface area contributed by atoms with Crippen LogP contribution >= 0.6 is 0 Å². The molecule has 0 spiro atoms. The first-order valence-corrected chi connectivity index (χ1v) is 9.25. The number of nitro benzene ring substituents is 1. The second kappa shape index (κ2) is 7.40. The number of fused-ring (bicyclic) bond motifs is 1. The minimum absolute atomic E-state index is 0.166. The van der Waals surface area contributed by atoms with E-state index < -0.39 is 0 Å². The molecule has 1 aromatic heterocycles. The summed E-state index contributed by atoms with van der Waals surface area (Å²) >= 11 is 0. The third-order valence-corrected chi connectivity index (χ3v) is 5.08. The number of para-hydroxylation sites is 1. The Hall–Kier alpha value is -3.26. The van der Waals surface area contributed by atoms with Crippen molar-refractivity contribution < 1.29 is 4.92 Å². The van der Waals surface area contributed by atoms with Gasteiger partial charge in [-0.05, 0) is 30.7 Å². The largest absolute Gasteiger partial charge is 0.383 e. The van der Waals surface area contributed by atoms with E-state index in [4.69, 9.17) is 5.73 Å². The predicted octanol–water partition coefficient (Wildman–Crippen LogP) is 2.75. The van der Waals surface area contributed by atoms with Crippen LogP contribution in [0.4, 0.5) is 17.2 Å². The van der Waals surface area contributed by atoms with E-state index in [2.05, 4.69) is 19.8 Å². The molecule has 2 aromatic carbocycles. The maximum absolute atomic E-state index is 11.4. The first-order chi connectivity index (χ1) is 13.5. The molecule has 0 bridgehead atoms. The number of nitro groups is 1. The van der Waals surface area contributed by atoms with Gasteiger partial charge >= 0.3 is 0 Å². The molecular weight excluding hydrogens is 356 g/mol. The molecular formula is C20H22N6O2. The quantitative estimate of drug-likeness (QED) is 0.550. The number of benzene rings is 2. The topological polar surface area (TPSA) is 101 Å². The van der Waals surface area contributed by atoms with Crippen molar-refractivity contribution >= 4 is 28.1 Å². The van der Waals surface area contributed by atoms with Crippen LogP contribution in [0.15, 0.2) is 42.5 Å². The Kier molecular flexibility index (Phi) is 4.79. The molecule has 0 atom stereocenters. The summed E-state index contributed by atoms with van der Waals surface area (Å²) in [6.07, 6.45) is 0. The Morgan fingerprint density at radius 1 is 1.11 bits per heavy atom. The van der Waals surface area contributed by atoms with E-state index in [0.717, 1.165) is 29.6 Å². The van der Waals surface area contributed by atoms with E-state index in [1.54, 1.807) is 6.07 Å². The number of hydrogen-bond donors (Lipinski definition) is 1. The molecule has 2 heterocycles. The number of nitrogen functional groups attached to an aromatic ring is 1. The standard InChI is InChI=1S/C20H22N6O2/c1-14-6-7-17(18(12-14)26(27)28)25-10-8-24(9-11-25)13-19-22-16-5-3-2-4-15(16)20(21)23-19/h2-7,12H,8-11,13H2,1H3,(H2,21,22,23). The fraction of sp³-hybridized carbons (Fsp3) is 0.300. The van der Waals surface area contributed by atoms with Gasteiger partial charge in [-0.3, -0.25) is 15.0 Å². The van der Waals surface area contributed by atoms with Crippen LogP contribution in [0.3, 0.4) is 0 Å². The number of nitrogens with two attached hydrogens (primary N) is 1. The molecule has 8 heteroatoms. The number of aryl methyl sites for hydroxylation is 1. The van der Waals surface area contributed by atoms with Gasteiger partial charge in [0.25, 0.3) is 5.69 Å². The lowest BCUT2D eigenvalue weighted by Crippen LogP contribution is -2.46. The Balaban J connectivity index is 1.46. The molecule has 144 valence electrons. The van der Waals surface area contributed by atoms with E-state index in [0.29, 0.717) is 37.0 Å². The van der Waals surface area contributed by atoms with Crippen molar-refractivity contribution in [1.29, 1.82) is 0 Å². The number of aromatic nitrogens is 2. The van der Waals surface area contributed by atoms with Crippen LogP contribution in [-0.2, 0) is 6.54 Å². The van der Waals surface area contributed by atoms with Gasteiger partial charge in [0.1, 0.15) is 17.3 Å². The minimum atomic E-state index is -0.305. The van der Waals surface area contributed by atoms with Gasteiger partial charge in [-0.15, -0.1) is 0 Å². The van der Waals surface area contributed by atoms with E-state index in [-0.39, 0.29) is 10.6 Å². The second-order valence-electron chi connectivity index (χ2n) is 7.05. The highest BCUT2D eigenvalue weighted by atomic mass is 16.6. The maximum atomic E-state index is 11.4. The first-order valence-electron chi connectivity index (χ1n) is 9.25. The molecule has 3 aromatic rings. The molecule has 1 saturated heterocycles. The molecule has 1 aliphatic heterocycles. The van der Waals surface area contributed by atoms with Gasteiger partial charge in [-0.25, -0.2) is 9.97 Å². The number of rotatable bonds is 4. The molecule has 8 nitrogen and oxygen atoms in total. The summed E-state index contributed by atoms with van der Waals surface area (Å²) in [6.45, 7) is 5.46. The van der Waals surface area contributed by atoms with E-state index in [1.807, 2.05) is 43.3 Å². The average molecular weight is 378 g/mol. The summed E-state index contributed by atoms with van der Waals surface area (Å²) in [4.78, 5) is 24.5. The fourth-order valence-electron chi connectivity index (χ4n) is 3.62. The van der Waals surface area contributed by atoms with Crippen molar-refractivity contribution in [3.05, 3.63) is 64.0 Å². The van der Waals surface area contributed by atoms with Crippen molar-refractivity contribution in [3.63, 3.8) is 0 Å². The molecule has 0 unspecified atom stereocenters. The van der Waals surface area contributed by atoms with Crippen molar-refractivity contribution in [2.24, 2.45) is 0 Å². The fourth-order valence-corrected chi connectivity index (χ4v) is 3.62. The van der Waals surface area contributed by atoms with E-state index >= 15 is 0 Å². The van der Waals surface area contributed by atoms with Crippen LogP contribution in [0.25, 0.3) is 10.9 Å². The zero-order valence-electron chi connectivity index (χ0n) is 15.7. The molecule has 0 saturated carbocycles. The minimum Gasteiger partial charge on any atom is -0.383 e. The van der Waals surface area contributed by atoms with Crippen LogP contribution in [0.1, 0.15) is 11.4 Å². The van der Waals surface area contributed by atoms with Gasteiger partial charge < -0.3 is 10.6 Å². The van der Waals surface area contributed by atoms with Gasteiger partial charge in [0, 0.05) is 37.6 Å². The lowest BCUT2D eigenvalue weighted by molar-refractivity contribution is -0.384. The van der Waals surface area contributed by atoms with Crippen molar-refractivity contribution in [2.75, 3.05) is 36.8 Å². The molecule has 0 aliphatic carbocycles. The van der Waals surface area contributed by atoms with Gasteiger partial charge in [-0.2, -0.15) is 0 Å². The van der Waals surface area contributed by atoms with Crippen molar-refractivity contribution in [3.8, 4) is 0 Å². The molecule has 2 N–H and O–H groups in total. The zero-order chi connectivity index (χ0) is 19.7. The van der Waals surface area contributed by atoms with Crippen LogP contribution in [-0.4, -0.2) is 46.0 Å². The average Bonchev–Trinajstić information content (AvgIpc) is 2.69.